The van der Waals surface area contributed by atoms with Crippen molar-refractivity contribution < 1.29 is 4.79 Å². The van der Waals surface area contributed by atoms with Crippen LogP contribution in [0.15, 0.2) is 34.7 Å². The number of amides is 1. The molecule has 1 aliphatic heterocycles. The van der Waals surface area contributed by atoms with Gasteiger partial charge in [-0.25, -0.2) is 0 Å². The van der Waals surface area contributed by atoms with Crippen LogP contribution in [0.25, 0.3) is 16.3 Å². The minimum atomic E-state index is -0.109. The van der Waals surface area contributed by atoms with Gasteiger partial charge in [-0.15, -0.1) is 21.5 Å². The Hall–Kier alpha value is -1.93. The minimum absolute atomic E-state index is 0.109. The standard InChI is InChI=1S/C19H23N5OS2/c1-3-14(19(25)23-10-4-6-13(2)12-23)27-17-9-8-16-20-21-18(24(16)22-17)15-7-5-11-26-15/h5,7-9,11,13-14H,3-4,6,10,12H2,1-2H3/t13?,14-/m1/s1. The van der Waals surface area contributed by atoms with E-state index < -0.39 is 0 Å². The van der Waals surface area contributed by atoms with Gasteiger partial charge in [0.1, 0.15) is 5.03 Å². The first kappa shape index (κ1) is 18.4. The van der Waals surface area contributed by atoms with Crippen LogP contribution in [0, 0.1) is 5.92 Å². The molecule has 1 fully saturated rings. The molecule has 0 aromatic carbocycles. The summed E-state index contributed by atoms with van der Waals surface area (Å²) < 4.78 is 1.77. The maximum absolute atomic E-state index is 13.0. The Labute approximate surface area is 167 Å². The van der Waals surface area contributed by atoms with Gasteiger partial charge in [-0.3, -0.25) is 4.79 Å². The van der Waals surface area contributed by atoms with Gasteiger partial charge in [0.15, 0.2) is 11.5 Å². The molecular weight excluding hydrogens is 378 g/mol. The molecule has 4 heterocycles. The van der Waals surface area contributed by atoms with Gasteiger partial charge in [-0.2, -0.15) is 9.61 Å². The van der Waals surface area contributed by atoms with Crippen molar-refractivity contribution in [3.63, 3.8) is 0 Å². The smallest absolute Gasteiger partial charge is 0.236 e. The molecule has 0 aliphatic carbocycles. The molecule has 142 valence electrons. The van der Waals surface area contributed by atoms with Gasteiger partial charge in [0.2, 0.25) is 5.91 Å². The number of nitrogens with zero attached hydrogens (tertiary/aromatic N) is 5. The molecule has 0 bridgehead atoms. The van der Waals surface area contributed by atoms with Gasteiger partial charge < -0.3 is 4.90 Å². The third kappa shape index (κ3) is 3.87. The lowest BCUT2D eigenvalue weighted by Gasteiger charge is -2.33. The Balaban J connectivity index is 1.56. The van der Waals surface area contributed by atoms with Crippen LogP contribution in [-0.4, -0.2) is 49.0 Å². The molecule has 4 rings (SSSR count). The monoisotopic (exact) mass is 401 g/mol. The van der Waals surface area contributed by atoms with E-state index >= 15 is 0 Å². The summed E-state index contributed by atoms with van der Waals surface area (Å²) in [4.78, 5) is 16.1. The molecule has 1 amide bonds. The number of fused-ring (bicyclic) bond motifs is 1. The molecule has 1 aliphatic rings. The minimum Gasteiger partial charge on any atom is -0.341 e. The summed E-state index contributed by atoms with van der Waals surface area (Å²) in [5, 5.41) is 15.9. The number of likely N-dealkylation sites (tertiary alicyclic amines) is 1. The summed E-state index contributed by atoms with van der Waals surface area (Å²) in [5.41, 5.74) is 0.715. The maximum atomic E-state index is 13.0. The fourth-order valence-corrected chi connectivity index (χ4v) is 5.12. The number of rotatable bonds is 5. The van der Waals surface area contributed by atoms with Gasteiger partial charge in [-0.05, 0) is 48.8 Å². The highest BCUT2D eigenvalue weighted by Gasteiger charge is 2.27. The zero-order valence-corrected chi connectivity index (χ0v) is 17.2. The zero-order chi connectivity index (χ0) is 18.8. The summed E-state index contributed by atoms with van der Waals surface area (Å²) in [7, 11) is 0. The van der Waals surface area contributed by atoms with Crippen molar-refractivity contribution in [2.24, 2.45) is 5.92 Å². The predicted molar refractivity (Wildman–Crippen MR) is 109 cm³/mol. The van der Waals surface area contributed by atoms with E-state index in [-0.39, 0.29) is 11.2 Å². The highest BCUT2D eigenvalue weighted by Crippen LogP contribution is 2.29. The molecule has 1 unspecified atom stereocenters. The molecule has 27 heavy (non-hydrogen) atoms. The summed E-state index contributed by atoms with van der Waals surface area (Å²) in [5.74, 6) is 1.56. The number of aromatic nitrogens is 4. The average molecular weight is 402 g/mol. The average Bonchev–Trinajstić information content (AvgIpc) is 3.34. The summed E-state index contributed by atoms with van der Waals surface area (Å²) in [6.07, 6.45) is 3.10. The van der Waals surface area contributed by atoms with Gasteiger partial charge in [-0.1, -0.05) is 31.7 Å². The fraction of sp³-hybridized carbons (Fsp3) is 0.474. The van der Waals surface area contributed by atoms with Crippen molar-refractivity contribution in [2.75, 3.05) is 13.1 Å². The second kappa shape index (κ2) is 7.98. The fourth-order valence-electron chi connectivity index (χ4n) is 3.44. The molecule has 0 N–H and O–H groups in total. The Kier molecular flexibility index (Phi) is 5.45. The van der Waals surface area contributed by atoms with E-state index in [1.807, 2.05) is 34.5 Å². The van der Waals surface area contributed by atoms with Crippen molar-refractivity contribution >= 4 is 34.7 Å². The number of thiophene rings is 1. The molecule has 1 saturated heterocycles. The molecule has 0 saturated carbocycles. The van der Waals surface area contributed by atoms with Crippen molar-refractivity contribution in [1.29, 1.82) is 0 Å². The Morgan fingerprint density at radius 3 is 3.00 bits per heavy atom. The molecule has 8 heteroatoms. The van der Waals surface area contributed by atoms with Crippen LogP contribution in [0.4, 0.5) is 0 Å². The van der Waals surface area contributed by atoms with Crippen molar-refractivity contribution in [3.05, 3.63) is 29.6 Å². The summed E-state index contributed by atoms with van der Waals surface area (Å²) in [6, 6.07) is 7.85. The lowest BCUT2D eigenvalue weighted by Crippen LogP contribution is -2.43. The van der Waals surface area contributed by atoms with Crippen LogP contribution in [0.5, 0.6) is 0 Å². The van der Waals surface area contributed by atoms with E-state index in [0.717, 1.165) is 41.7 Å². The Morgan fingerprint density at radius 2 is 2.26 bits per heavy atom. The lowest BCUT2D eigenvalue weighted by molar-refractivity contribution is -0.132. The van der Waals surface area contributed by atoms with Crippen molar-refractivity contribution in [2.45, 2.75) is 43.4 Å². The third-order valence-electron chi connectivity index (χ3n) is 4.86. The SMILES string of the molecule is CC[C@@H](Sc1ccc2nnc(-c3cccs3)n2n1)C(=O)N1CCCC(C)C1. The largest absolute Gasteiger partial charge is 0.341 e. The van der Waals surface area contributed by atoms with Crippen LogP contribution in [0.2, 0.25) is 0 Å². The van der Waals surface area contributed by atoms with E-state index in [0.29, 0.717) is 11.6 Å². The van der Waals surface area contributed by atoms with E-state index in [2.05, 4.69) is 24.0 Å². The molecule has 0 spiro atoms. The number of carbonyl (C=O) groups is 1. The zero-order valence-electron chi connectivity index (χ0n) is 15.5. The summed E-state index contributed by atoms with van der Waals surface area (Å²) >= 11 is 3.15. The highest BCUT2D eigenvalue weighted by atomic mass is 32.2. The predicted octanol–water partition coefficient (Wildman–Crippen LogP) is 3.98. The summed E-state index contributed by atoms with van der Waals surface area (Å²) in [6.45, 7) is 6.04. The topological polar surface area (TPSA) is 63.4 Å². The second-order valence-electron chi connectivity index (χ2n) is 6.99. The Bertz CT molecular complexity index is 923. The van der Waals surface area contributed by atoms with Crippen molar-refractivity contribution in [3.8, 4) is 10.7 Å². The number of thioether (sulfide) groups is 1. The highest BCUT2D eigenvalue weighted by molar-refractivity contribution is 8.00. The van der Waals surface area contributed by atoms with Crippen LogP contribution in [0.1, 0.15) is 33.1 Å². The Morgan fingerprint density at radius 1 is 1.37 bits per heavy atom. The molecule has 3 aromatic heterocycles. The van der Waals surface area contributed by atoms with Crippen LogP contribution in [0.3, 0.4) is 0 Å². The van der Waals surface area contributed by atoms with E-state index in [1.165, 1.54) is 6.42 Å². The number of hydrogen-bond donors (Lipinski definition) is 0. The van der Waals surface area contributed by atoms with Gasteiger partial charge in [0, 0.05) is 13.1 Å². The first-order valence-corrected chi connectivity index (χ1v) is 11.1. The molecule has 0 radical (unpaired) electrons. The van der Waals surface area contributed by atoms with Crippen LogP contribution < -0.4 is 0 Å². The number of piperidine rings is 1. The lowest BCUT2D eigenvalue weighted by atomic mass is 10.00. The molecular formula is C19H23N5OS2. The van der Waals surface area contributed by atoms with Gasteiger partial charge >= 0.3 is 0 Å². The number of carbonyl (C=O) groups excluding carboxylic acids is 1. The molecule has 2 atom stereocenters. The molecule has 6 nitrogen and oxygen atoms in total. The van der Waals surface area contributed by atoms with Gasteiger partial charge in [0.25, 0.3) is 0 Å². The van der Waals surface area contributed by atoms with E-state index in [4.69, 9.17) is 5.10 Å². The van der Waals surface area contributed by atoms with E-state index in [1.54, 1.807) is 27.6 Å². The second-order valence-corrected chi connectivity index (χ2v) is 9.16. The first-order chi connectivity index (χ1) is 13.2. The van der Waals surface area contributed by atoms with Crippen LogP contribution >= 0.6 is 23.1 Å². The van der Waals surface area contributed by atoms with Gasteiger partial charge in [0.05, 0.1) is 10.1 Å². The molecule has 3 aromatic rings. The normalized spacial score (nSPS) is 18.7. The first-order valence-electron chi connectivity index (χ1n) is 9.37. The van der Waals surface area contributed by atoms with Crippen LogP contribution in [-0.2, 0) is 4.79 Å². The quantitative estimate of drug-likeness (QED) is 0.605. The number of hydrogen-bond acceptors (Lipinski definition) is 6. The maximum Gasteiger partial charge on any atom is 0.236 e. The van der Waals surface area contributed by atoms with E-state index in [9.17, 15) is 4.79 Å². The third-order valence-corrected chi connectivity index (χ3v) is 7.00. The van der Waals surface area contributed by atoms with Crippen molar-refractivity contribution in [1.82, 2.24) is 24.7 Å².